The van der Waals surface area contributed by atoms with Crippen LogP contribution in [0.5, 0.6) is 0 Å². The number of carbonyl (C=O) groups excluding carboxylic acids is 2. The number of hydrogen-bond donors (Lipinski definition) is 4. The van der Waals surface area contributed by atoms with Crippen LogP contribution in [-0.2, 0) is 23.9 Å². The van der Waals surface area contributed by atoms with Crippen molar-refractivity contribution in [1.29, 1.82) is 0 Å². The van der Waals surface area contributed by atoms with E-state index in [1.807, 2.05) is 25.2 Å². The number of carbonyl (C=O) groups is 3. The molecule has 0 aromatic rings. The minimum Gasteiger partial charge on any atom is -0.507 e. The number of amides is 1. The highest BCUT2D eigenvalue weighted by atomic mass is 16.7. The van der Waals surface area contributed by atoms with Gasteiger partial charge in [-0.05, 0) is 32.3 Å². The maximum absolute atomic E-state index is 12.5. The Hall–Kier alpha value is -3.31. The fourth-order valence-electron chi connectivity index (χ4n) is 5.14. The summed E-state index contributed by atoms with van der Waals surface area (Å²) >= 11 is 0. The maximum Gasteiger partial charge on any atom is 0.303 e. The molecule has 10 nitrogen and oxygen atoms in total. The Morgan fingerprint density at radius 1 is 1.07 bits per heavy atom. The first kappa shape index (κ1) is 35.9. The van der Waals surface area contributed by atoms with Gasteiger partial charge in [0.25, 0.3) is 5.91 Å². The van der Waals surface area contributed by atoms with Gasteiger partial charge in [0.2, 0.25) is 0 Å². The topological polar surface area (TPSA) is 154 Å². The summed E-state index contributed by atoms with van der Waals surface area (Å²) in [6.45, 7) is 10.0. The highest BCUT2D eigenvalue weighted by Crippen LogP contribution is 2.29. The molecular formula is C33H47NO9. The van der Waals surface area contributed by atoms with E-state index in [1.165, 1.54) is 19.2 Å². The highest BCUT2D eigenvalue weighted by molar-refractivity contribution is 6.27. The lowest BCUT2D eigenvalue weighted by Crippen LogP contribution is -2.49. The number of nitrogens with zero attached hydrogens (tertiary/aromatic N) is 1. The number of allylic oxidation sites excluding steroid dienone is 9. The van der Waals surface area contributed by atoms with Gasteiger partial charge in [0.1, 0.15) is 17.4 Å². The monoisotopic (exact) mass is 601 g/mol. The van der Waals surface area contributed by atoms with E-state index in [0.29, 0.717) is 0 Å². The Bertz CT molecular complexity index is 1150. The van der Waals surface area contributed by atoms with Crippen molar-refractivity contribution in [2.75, 3.05) is 7.05 Å². The van der Waals surface area contributed by atoms with Gasteiger partial charge in [0.05, 0.1) is 24.4 Å². The predicted molar refractivity (Wildman–Crippen MR) is 163 cm³/mol. The number of likely N-dealkylation sites (N-methyl/N-ethyl adjacent to an activating group) is 1. The third-order valence-electron chi connectivity index (χ3n) is 7.84. The van der Waals surface area contributed by atoms with Crippen LogP contribution in [0.3, 0.4) is 0 Å². The quantitative estimate of drug-likeness (QED) is 0.0994. The van der Waals surface area contributed by atoms with Crippen molar-refractivity contribution in [3.05, 3.63) is 71.6 Å². The standard InChI is InChI=1S/C33H47NO9/c1-7-21(3)32(43-28-19-26(36)30(39)23(5)42-28)22(4)18-20(2)14-12-10-8-9-11-13-15-25(35)29-31(40)24(16-17-27(37)38)34(6)33(29)41/h8-15,18,21-24,26,28,30,32,35-36,39H,7,16-17,19H2,1-6H3,(H,37,38)/b10-8+,11-9+,14-12+,15-13+,20-18+,29-25+/t21?,22?,23-,24+,26+,28?,30-,32?/m1/s1. The molecule has 2 rings (SSSR count). The van der Waals surface area contributed by atoms with Crippen molar-refractivity contribution in [2.24, 2.45) is 11.8 Å². The molecule has 238 valence electrons. The summed E-state index contributed by atoms with van der Waals surface area (Å²) in [6, 6.07) is -0.896. The summed E-state index contributed by atoms with van der Waals surface area (Å²) in [5.41, 5.74) is 0.705. The number of carboxylic acid groups (broad SMARTS) is 1. The summed E-state index contributed by atoms with van der Waals surface area (Å²) in [4.78, 5) is 36.9. The average molecular weight is 602 g/mol. The van der Waals surface area contributed by atoms with Crippen molar-refractivity contribution in [2.45, 2.75) is 97.0 Å². The first-order valence-corrected chi connectivity index (χ1v) is 14.8. The van der Waals surface area contributed by atoms with Crippen molar-refractivity contribution in [3.63, 3.8) is 0 Å². The lowest BCUT2D eigenvalue weighted by molar-refractivity contribution is -0.268. The summed E-state index contributed by atoms with van der Waals surface area (Å²) in [5.74, 6) is -2.41. The number of likely N-dealkylation sites (tertiary alicyclic amines) is 1. The molecular weight excluding hydrogens is 554 g/mol. The maximum atomic E-state index is 12.5. The lowest BCUT2D eigenvalue weighted by atomic mass is 9.89. The van der Waals surface area contributed by atoms with E-state index in [9.17, 15) is 29.7 Å². The minimum atomic E-state index is -1.06. The fourth-order valence-corrected chi connectivity index (χ4v) is 5.14. The number of ether oxygens (including phenoxy) is 2. The van der Waals surface area contributed by atoms with Gasteiger partial charge in [-0.3, -0.25) is 14.4 Å². The molecule has 0 aromatic heterocycles. The largest absolute Gasteiger partial charge is 0.507 e. The van der Waals surface area contributed by atoms with Crippen molar-refractivity contribution >= 4 is 17.7 Å². The summed E-state index contributed by atoms with van der Waals surface area (Å²) in [6.07, 6.45) is 13.6. The van der Waals surface area contributed by atoms with Crippen LogP contribution in [-0.4, -0.2) is 86.8 Å². The van der Waals surface area contributed by atoms with Crippen LogP contribution in [0.25, 0.3) is 0 Å². The lowest BCUT2D eigenvalue weighted by Gasteiger charge is -2.39. The Morgan fingerprint density at radius 3 is 2.26 bits per heavy atom. The second-order valence-electron chi connectivity index (χ2n) is 11.3. The van der Waals surface area contributed by atoms with E-state index >= 15 is 0 Å². The summed E-state index contributed by atoms with van der Waals surface area (Å²) in [7, 11) is 1.41. The Balaban J connectivity index is 1.95. The zero-order valence-electron chi connectivity index (χ0n) is 25.9. The van der Waals surface area contributed by atoms with E-state index in [-0.39, 0.29) is 42.8 Å². The normalized spacial score (nSPS) is 29.0. The first-order valence-electron chi connectivity index (χ1n) is 14.8. The number of aliphatic hydroxyl groups excluding tert-OH is 3. The SMILES string of the molecule is CCC(C)C(OC1C[C@H](O)[C@H](O)[C@@H](C)O1)C(C)/C=C(C)/C=C/C=C/C=C/C=C/C(O)=C1/C(=O)[C@H](CCC(=O)O)N(C)C1=O. The second kappa shape index (κ2) is 17.1. The smallest absolute Gasteiger partial charge is 0.303 e. The van der Waals surface area contributed by atoms with E-state index in [4.69, 9.17) is 14.6 Å². The average Bonchev–Trinajstić information content (AvgIpc) is 3.16. The number of hydrogen-bond acceptors (Lipinski definition) is 8. The van der Waals surface area contributed by atoms with Crippen LogP contribution >= 0.6 is 0 Å². The Kier molecular flexibility index (Phi) is 14.3. The molecule has 0 aliphatic carbocycles. The zero-order chi connectivity index (χ0) is 32.3. The molecule has 0 bridgehead atoms. The third-order valence-corrected chi connectivity index (χ3v) is 7.84. The Labute approximate surface area is 254 Å². The van der Waals surface area contributed by atoms with Gasteiger partial charge in [-0.2, -0.15) is 0 Å². The number of aliphatic hydroxyl groups is 3. The number of ketones is 1. The van der Waals surface area contributed by atoms with Crippen molar-refractivity contribution < 1.29 is 44.3 Å². The number of rotatable bonds is 14. The molecule has 2 heterocycles. The molecule has 2 fully saturated rings. The second-order valence-corrected chi connectivity index (χ2v) is 11.3. The molecule has 0 radical (unpaired) electrons. The molecule has 10 heteroatoms. The van der Waals surface area contributed by atoms with E-state index in [2.05, 4.69) is 26.8 Å². The predicted octanol–water partition coefficient (Wildman–Crippen LogP) is 4.17. The number of Topliss-reactive ketones (excluding diaryl/α,β-unsaturated/α-hetero) is 1. The Morgan fingerprint density at radius 2 is 1.67 bits per heavy atom. The highest BCUT2D eigenvalue weighted by Gasteiger charge is 2.42. The van der Waals surface area contributed by atoms with Crippen LogP contribution in [0.15, 0.2) is 71.6 Å². The van der Waals surface area contributed by atoms with Crippen LogP contribution in [0.1, 0.15) is 60.3 Å². The van der Waals surface area contributed by atoms with Gasteiger partial charge in [0.15, 0.2) is 12.1 Å². The van der Waals surface area contributed by atoms with Crippen LogP contribution in [0.4, 0.5) is 0 Å². The molecule has 4 N–H and O–H groups in total. The third kappa shape index (κ3) is 10.4. The number of aliphatic carboxylic acids is 1. The van der Waals surface area contributed by atoms with Crippen molar-refractivity contribution in [3.8, 4) is 0 Å². The summed E-state index contributed by atoms with van der Waals surface area (Å²) in [5, 5.41) is 39.2. The van der Waals surface area contributed by atoms with Crippen molar-refractivity contribution in [1.82, 2.24) is 4.90 Å². The number of carboxylic acids is 1. The van der Waals surface area contributed by atoms with Gasteiger partial charge in [-0.15, -0.1) is 0 Å². The van der Waals surface area contributed by atoms with Crippen LogP contribution in [0.2, 0.25) is 0 Å². The molecule has 2 saturated heterocycles. The fraction of sp³-hybridized carbons (Fsp3) is 0.545. The molecule has 2 aliphatic heterocycles. The van der Waals surface area contributed by atoms with Crippen LogP contribution < -0.4 is 0 Å². The van der Waals surface area contributed by atoms with Gasteiger partial charge < -0.3 is 34.8 Å². The van der Waals surface area contributed by atoms with Crippen LogP contribution in [0, 0.1) is 11.8 Å². The van der Waals surface area contributed by atoms with Gasteiger partial charge in [-0.1, -0.05) is 81.4 Å². The molecule has 1 amide bonds. The molecule has 4 unspecified atom stereocenters. The molecule has 8 atom stereocenters. The molecule has 0 spiro atoms. The van der Waals surface area contributed by atoms with Gasteiger partial charge in [-0.25, -0.2) is 0 Å². The molecule has 0 aromatic carbocycles. The van der Waals surface area contributed by atoms with Gasteiger partial charge in [0, 0.05) is 25.8 Å². The minimum absolute atomic E-state index is 0.0134. The molecule has 2 aliphatic rings. The molecule has 0 saturated carbocycles. The molecule has 43 heavy (non-hydrogen) atoms. The summed E-state index contributed by atoms with van der Waals surface area (Å²) < 4.78 is 12.1. The first-order chi connectivity index (χ1) is 20.3. The van der Waals surface area contributed by atoms with E-state index in [1.54, 1.807) is 25.2 Å². The van der Waals surface area contributed by atoms with Gasteiger partial charge >= 0.3 is 5.97 Å². The van der Waals surface area contributed by atoms with E-state index < -0.39 is 54.1 Å². The van der Waals surface area contributed by atoms with E-state index in [0.717, 1.165) is 16.9 Å². The zero-order valence-corrected chi connectivity index (χ0v) is 25.9.